The molecule has 3 aromatic carbocycles. The maximum atomic E-state index is 16.0. The Morgan fingerprint density at radius 1 is 0.984 bits per heavy atom. The highest BCUT2D eigenvalue weighted by atomic mass is 28.4. The third-order valence-electron chi connectivity index (χ3n) is 13.1. The molecule has 3 aliphatic carbocycles. The molecule has 2 heterocycles. The summed E-state index contributed by atoms with van der Waals surface area (Å²) in [5, 5.41) is 27.8. The van der Waals surface area contributed by atoms with Gasteiger partial charge in [-0.1, -0.05) is 69.3 Å². The van der Waals surface area contributed by atoms with Crippen LogP contribution in [-0.4, -0.2) is 95.7 Å². The molecule has 14 heteroatoms. The second kappa shape index (κ2) is 15.2. The lowest BCUT2D eigenvalue weighted by atomic mass is 9.57. The van der Waals surface area contributed by atoms with Crippen molar-refractivity contribution >= 4 is 42.6 Å². The van der Waals surface area contributed by atoms with Crippen molar-refractivity contribution in [2.45, 2.75) is 109 Å². The molecule has 4 aliphatic rings. The van der Waals surface area contributed by atoms with Crippen LogP contribution in [0.3, 0.4) is 0 Å². The van der Waals surface area contributed by atoms with Crippen LogP contribution in [0.2, 0.25) is 18.1 Å². The van der Waals surface area contributed by atoms with Gasteiger partial charge >= 0.3 is 6.16 Å². The van der Waals surface area contributed by atoms with E-state index < -0.39 is 60.2 Å². The second-order valence-corrected chi connectivity index (χ2v) is 24.6. The SMILES string of the molecule is CN(C)[C@@H]1c2onc(OCc3ccccc3)c2C(=O)[C@@]2(O[Si](C)(C)C(C)(C)C)C(=O)C3=C(O)c4c(cc5ccc(CN6CC(O)C6)cc5c4OC(=O)OC(C)(C)C)C[C@H]3C[C@@H]12. The molecule has 324 valence electrons. The van der Waals surface area contributed by atoms with E-state index in [2.05, 4.69) is 10.1 Å². The number of ether oxygens (including phenoxy) is 3. The van der Waals surface area contributed by atoms with Crippen LogP contribution in [0.5, 0.6) is 11.6 Å². The number of aliphatic hydroxyl groups excluding tert-OH is 2. The van der Waals surface area contributed by atoms with E-state index in [9.17, 15) is 15.0 Å². The van der Waals surface area contributed by atoms with Crippen LogP contribution in [-0.2, 0) is 33.5 Å². The van der Waals surface area contributed by atoms with Crippen molar-refractivity contribution in [1.29, 1.82) is 0 Å². The molecule has 0 unspecified atom stereocenters. The van der Waals surface area contributed by atoms with Gasteiger partial charge in [0.15, 0.2) is 25.4 Å². The fraction of sp³-hybridized carbons (Fsp3) is 0.489. The first-order chi connectivity index (χ1) is 28.6. The lowest BCUT2D eigenvalue weighted by Gasteiger charge is -2.55. The summed E-state index contributed by atoms with van der Waals surface area (Å²) in [5.74, 6) is -2.54. The number of fused-ring (bicyclic) bond motifs is 5. The number of β-amino-alcohol motifs (C(OH)–C–C–N with tert-alkyl or cyclic N) is 1. The highest BCUT2D eigenvalue weighted by molar-refractivity contribution is 6.74. The standard InChI is InChI=1S/C47H57N3O10Si/c1-45(2,3)58-44(55)57-39-32-18-27(22-50-23-31(51)24-50)16-17-28(32)19-29-20-30-21-33-37(49(7)8)40-36(43(48-59-40)56-25-26-14-12-11-13-15-26)42(54)47(33,60-61(9,10)46(4,5)6)41(53)35(30)38(52)34(29)39/h11-19,30-31,33,37,51-52H,20-25H2,1-10H3/t30-,33-,37-,47-/m0/s1. The molecule has 4 aromatic rings. The summed E-state index contributed by atoms with van der Waals surface area (Å²) in [6, 6.07) is 16.7. The molecule has 1 aliphatic heterocycles. The summed E-state index contributed by atoms with van der Waals surface area (Å²) in [6.07, 6.45) is -0.745. The van der Waals surface area contributed by atoms with E-state index in [1.165, 1.54) is 0 Å². The minimum absolute atomic E-state index is 0.0301. The van der Waals surface area contributed by atoms with Crippen molar-refractivity contribution in [3.63, 3.8) is 0 Å². The van der Waals surface area contributed by atoms with Crippen molar-refractivity contribution in [3.05, 3.63) is 93.7 Å². The Morgan fingerprint density at radius 2 is 1.69 bits per heavy atom. The zero-order valence-corrected chi connectivity index (χ0v) is 37.8. The van der Waals surface area contributed by atoms with Crippen molar-refractivity contribution in [2.75, 3.05) is 27.2 Å². The first kappa shape index (κ1) is 42.8. The van der Waals surface area contributed by atoms with Crippen LogP contribution in [0.15, 0.2) is 64.7 Å². The number of rotatable bonds is 9. The van der Waals surface area contributed by atoms with Gasteiger partial charge in [0.05, 0.1) is 17.7 Å². The van der Waals surface area contributed by atoms with Gasteiger partial charge in [-0.25, -0.2) is 4.79 Å². The van der Waals surface area contributed by atoms with E-state index in [1.807, 2.05) is 107 Å². The van der Waals surface area contributed by atoms with Gasteiger partial charge in [0.2, 0.25) is 11.6 Å². The molecule has 61 heavy (non-hydrogen) atoms. The Labute approximate surface area is 357 Å². The predicted molar refractivity (Wildman–Crippen MR) is 231 cm³/mol. The molecule has 4 atom stereocenters. The van der Waals surface area contributed by atoms with Crippen molar-refractivity contribution in [3.8, 4) is 11.6 Å². The van der Waals surface area contributed by atoms with Gasteiger partial charge in [-0.3, -0.25) is 19.4 Å². The molecular formula is C47H57N3O10Si. The van der Waals surface area contributed by atoms with Crippen LogP contribution < -0.4 is 9.47 Å². The average Bonchev–Trinajstić information content (AvgIpc) is 3.57. The number of carbonyl (C=O) groups excluding carboxylic acids is 3. The molecule has 13 nitrogen and oxygen atoms in total. The molecule has 1 saturated carbocycles. The van der Waals surface area contributed by atoms with Crippen LogP contribution >= 0.6 is 0 Å². The van der Waals surface area contributed by atoms with Crippen LogP contribution in [0, 0.1) is 11.8 Å². The molecule has 0 amide bonds. The third-order valence-corrected chi connectivity index (χ3v) is 17.5. The van der Waals surface area contributed by atoms with E-state index >= 15 is 9.59 Å². The van der Waals surface area contributed by atoms with E-state index in [-0.39, 0.29) is 53.2 Å². The second-order valence-electron chi connectivity index (χ2n) is 19.9. The first-order valence-electron chi connectivity index (χ1n) is 21.1. The number of ketones is 2. The number of likely N-dealkylation sites (tertiary alicyclic amines) is 1. The molecule has 1 saturated heterocycles. The first-order valence-corrected chi connectivity index (χ1v) is 24.0. The van der Waals surface area contributed by atoms with Crippen molar-refractivity contribution in [2.24, 2.45) is 11.8 Å². The molecular weight excluding hydrogens is 795 g/mol. The molecule has 0 bridgehead atoms. The molecule has 2 N–H and O–H groups in total. The smallest absolute Gasteiger partial charge is 0.507 e. The number of nitrogens with zero attached hydrogens (tertiary/aromatic N) is 3. The maximum Gasteiger partial charge on any atom is 0.514 e. The summed E-state index contributed by atoms with van der Waals surface area (Å²) >= 11 is 0. The van der Waals surface area contributed by atoms with Crippen molar-refractivity contribution < 1.29 is 47.8 Å². The summed E-state index contributed by atoms with van der Waals surface area (Å²) in [6.45, 7) is 17.1. The van der Waals surface area contributed by atoms with Gasteiger partial charge in [-0.05, 0) is 105 Å². The zero-order chi connectivity index (χ0) is 44.0. The van der Waals surface area contributed by atoms with Gasteiger partial charge in [0.25, 0.3) is 5.88 Å². The van der Waals surface area contributed by atoms with Gasteiger partial charge in [-0.2, -0.15) is 0 Å². The normalized spacial score (nSPS) is 23.3. The number of hydrogen-bond acceptors (Lipinski definition) is 13. The maximum absolute atomic E-state index is 16.0. The fourth-order valence-corrected chi connectivity index (χ4v) is 10.7. The molecule has 2 fully saturated rings. The Kier molecular flexibility index (Phi) is 10.7. The molecule has 0 spiro atoms. The highest BCUT2D eigenvalue weighted by Crippen LogP contribution is 2.59. The van der Waals surface area contributed by atoms with Crippen LogP contribution in [0.1, 0.15) is 92.4 Å². The highest BCUT2D eigenvalue weighted by Gasteiger charge is 2.69. The van der Waals surface area contributed by atoms with E-state index in [0.29, 0.717) is 42.8 Å². The lowest BCUT2D eigenvalue weighted by Crippen LogP contribution is -2.68. The van der Waals surface area contributed by atoms with E-state index in [0.717, 1.165) is 16.5 Å². The van der Waals surface area contributed by atoms with Gasteiger partial charge in [0, 0.05) is 36.5 Å². The Morgan fingerprint density at radius 3 is 2.33 bits per heavy atom. The van der Waals surface area contributed by atoms with Crippen LogP contribution in [0.25, 0.3) is 16.5 Å². The average molecular weight is 852 g/mol. The number of aliphatic hydroxyl groups is 2. The summed E-state index contributed by atoms with van der Waals surface area (Å²) < 4.78 is 31.2. The van der Waals surface area contributed by atoms with Gasteiger partial charge < -0.3 is 33.4 Å². The summed E-state index contributed by atoms with van der Waals surface area (Å²) in [7, 11) is 0.781. The summed E-state index contributed by atoms with van der Waals surface area (Å²) in [5.41, 5.74) is -0.224. The largest absolute Gasteiger partial charge is 0.514 e. The number of benzene rings is 3. The molecule has 8 rings (SSSR count). The number of aromatic nitrogens is 1. The number of Topliss-reactive ketones (excluding diaryl/α,β-unsaturated/α-hetero) is 2. The molecule has 0 radical (unpaired) electrons. The Hall–Kier alpha value is -4.86. The third kappa shape index (κ3) is 7.49. The van der Waals surface area contributed by atoms with E-state index in [1.54, 1.807) is 20.8 Å². The lowest BCUT2D eigenvalue weighted by molar-refractivity contribution is -0.140. The van der Waals surface area contributed by atoms with Gasteiger partial charge in [0.1, 0.15) is 23.5 Å². The number of hydrogen-bond donors (Lipinski definition) is 2. The Balaban J connectivity index is 1.31. The van der Waals surface area contributed by atoms with Crippen molar-refractivity contribution in [1.82, 2.24) is 15.0 Å². The molecule has 1 aromatic heterocycles. The monoisotopic (exact) mass is 851 g/mol. The fourth-order valence-electron chi connectivity index (χ4n) is 9.24. The minimum Gasteiger partial charge on any atom is -0.507 e. The number of carbonyl (C=O) groups is 3. The predicted octanol–water partition coefficient (Wildman–Crippen LogP) is 8.19. The zero-order valence-electron chi connectivity index (χ0n) is 36.8. The summed E-state index contributed by atoms with van der Waals surface area (Å²) in [4.78, 5) is 49.2. The van der Waals surface area contributed by atoms with E-state index in [4.69, 9.17) is 23.2 Å². The van der Waals surface area contributed by atoms with Gasteiger partial charge in [-0.15, -0.1) is 0 Å². The quantitative estimate of drug-likeness (QED) is 0.0719. The Bertz CT molecular complexity index is 2440. The minimum atomic E-state index is -2.97. The van der Waals surface area contributed by atoms with Crippen LogP contribution in [0.4, 0.5) is 4.79 Å². The topological polar surface area (TPSA) is 161 Å².